The largest absolute Gasteiger partial charge is 0.392 e. The van der Waals surface area contributed by atoms with Crippen molar-refractivity contribution in [2.75, 3.05) is 5.73 Å². The van der Waals surface area contributed by atoms with Crippen LogP contribution in [0.1, 0.15) is 17.0 Å². The van der Waals surface area contributed by atoms with Gasteiger partial charge >= 0.3 is 0 Å². The zero-order valence-corrected chi connectivity index (χ0v) is 10.2. The van der Waals surface area contributed by atoms with Crippen LogP contribution in [0.5, 0.6) is 0 Å². The molecule has 0 spiro atoms. The first-order valence-electron chi connectivity index (χ1n) is 4.93. The lowest BCUT2D eigenvalue weighted by atomic mass is 10.2. The van der Waals surface area contributed by atoms with E-state index in [0.29, 0.717) is 12.3 Å². The molecule has 0 aromatic carbocycles. The molecule has 0 radical (unpaired) electrons. The number of anilines is 1. The van der Waals surface area contributed by atoms with Gasteiger partial charge in [-0.15, -0.1) is 0 Å². The smallest absolute Gasteiger partial charge is 0.278 e. The van der Waals surface area contributed by atoms with E-state index in [9.17, 15) is 4.79 Å². The Labute approximate surface area is 102 Å². The van der Waals surface area contributed by atoms with Crippen LogP contribution in [0, 0.1) is 13.8 Å². The molecule has 0 fully saturated rings. The molecule has 6 nitrogen and oxygen atoms in total. The molecular formula is C10H11ClN4O2. The molecule has 0 atom stereocenters. The Morgan fingerprint density at radius 3 is 2.82 bits per heavy atom. The highest BCUT2D eigenvalue weighted by Gasteiger charge is 2.12. The molecule has 7 heteroatoms. The van der Waals surface area contributed by atoms with Gasteiger partial charge in [0.05, 0.1) is 18.6 Å². The monoisotopic (exact) mass is 254 g/mol. The second kappa shape index (κ2) is 4.21. The third-order valence-corrected chi connectivity index (χ3v) is 2.83. The highest BCUT2D eigenvalue weighted by molar-refractivity contribution is 6.31. The number of hydrogen-bond donors (Lipinski definition) is 1. The fourth-order valence-corrected chi connectivity index (χ4v) is 1.62. The molecule has 0 aliphatic carbocycles. The SMILES string of the molecule is Cc1noc(C)c1Cn1cnc(Cl)c(N)c1=O. The predicted molar refractivity (Wildman–Crippen MR) is 63.0 cm³/mol. The van der Waals surface area contributed by atoms with Crippen LogP contribution in [0.15, 0.2) is 15.6 Å². The maximum Gasteiger partial charge on any atom is 0.278 e. The number of nitrogens with two attached hydrogens (primary N) is 1. The minimum Gasteiger partial charge on any atom is -0.392 e. The fraction of sp³-hybridized carbons (Fsp3) is 0.300. The van der Waals surface area contributed by atoms with Crippen molar-refractivity contribution in [1.29, 1.82) is 0 Å². The summed E-state index contributed by atoms with van der Waals surface area (Å²) >= 11 is 5.65. The number of nitrogens with zero attached hydrogens (tertiary/aromatic N) is 3. The van der Waals surface area contributed by atoms with E-state index >= 15 is 0 Å². The van der Waals surface area contributed by atoms with Crippen LogP contribution in [0.3, 0.4) is 0 Å². The number of aromatic nitrogens is 3. The van der Waals surface area contributed by atoms with E-state index in [0.717, 1.165) is 11.3 Å². The van der Waals surface area contributed by atoms with Gasteiger partial charge in [0.2, 0.25) is 0 Å². The van der Waals surface area contributed by atoms with Gasteiger partial charge in [0, 0.05) is 5.56 Å². The van der Waals surface area contributed by atoms with Gasteiger partial charge in [-0.2, -0.15) is 0 Å². The molecule has 2 aromatic heterocycles. The van der Waals surface area contributed by atoms with Gasteiger partial charge in [-0.3, -0.25) is 9.36 Å². The van der Waals surface area contributed by atoms with Crippen LogP contribution in [0.25, 0.3) is 0 Å². The standard InChI is InChI=1S/C10H11ClN4O2/c1-5-7(6(2)17-14-5)3-15-4-13-9(11)8(12)10(15)16/h4H,3,12H2,1-2H3. The summed E-state index contributed by atoms with van der Waals surface area (Å²) in [5.41, 5.74) is 6.68. The van der Waals surface area contributed by atoms with Gasteiger partial charge in [-0.05, 0) is 13.8 Å². The molecule has 0 aliphatic heterocycles. The van der Waals surface area contributed by atoms with E-state index < -0.39 is 0 Å². The number of halogens is 1. The molecule has 2 rings (SSSR count). The van der Waals surface area contributed by atoms with Crippen molar-refractivity contribution in [3.05, 3.63) is 38.9 Å². The molecule has 2 heterocycles. The lowest BCUT2D eigenvalue weighted by molar-refractivity contribution is 0.392. The number of hydrogen-bond acceptors (Lipinski definition) is 5. The molecule has 2 aromatic rings. The number of rotatable bonds is 2. The summed E-state index contributed by atoms with van der Waals surface area (Å²) in [7, 11) is 0. The zero-order chi connectivity index (χ0) is 12.6. The van der Waals surface area contributed by atoms with Gasteiger partial charge in [0.1, 0.15) is 11.4 Å². The van der Waals surface area contributed by atoms with Crippen LogP contribution < -0.4 is 11.3 Å². The van der Waals surface area contributed by atoms with Crippen LogP contribution in [0.2, 0.25) is 5.15 Å². The normalized spacial score (nSPS) is 10.8. The Balaban J connectivity index is 2.44. The Bertz CT molecular complexity index is 598. The van der Waals surface area contributed by atoms with Crippen molar-refractivity contribution in [3.8, 4) is 0 Å². The summed E-state index contributed by atoms with van der Waals surface area (Å²) in [4.78, 5) is 15.6. The lowest BCUT2D eigenvalue weighted by Gasteiger charge is -2.06. The number of nitrogen functional groups attached to an aromatic ring is 1. The van der Waals surface area contributed by atoms with Crippen molar-refractivity contribution >= 4 is 17.3 Å². The van der Waals surface area contributed by atoms with E-state index in [2.05, 4.69) is 10.1 Å². The Kier molecular flexibility index (Phi) is 2.89. The van der Waals surface area contributed by atoms with E-state index in [1.54, 1.807) is 6.92 Å². The summed E-state index contributed by atoms with van der Waals surface area (Å²) in [6.07, 6.45) is 1.35. The predicted octanol–water partition coefficient (Wildman–Crippen LogP) is 1.13. The summed E-state index contributed by atoms with van der Waals surface area (Å²) in [5, 5.41) is 3.83. The van der Waals surface area contributed by atoms with Gasteiger partial charge < -0.3 is 10.3 Å². The topological polar surface area (TPSA) is 86.9 Å². The Morgan fingerprint density at radius 2 is 2.24 bits per heavy atom. The maximum absolute atomic E-state index is 11.8. The average molecular weight is 255 g/mol. The van der Waals surface area contributed by atoms with Crippen LogP contribution >= 0.6 is 11.6 Å². The minimum absolute atomic E-state index is 0.0185. The third-order valence-electron chi connectivity index (χ3n) is 2.53. The molecule has 2 N–H and O–H groups in total. The molecule has 0 aliphatic rings. The molecule has 0 amide bonds. The van der Waals surface area contributed by atoms with E-state index in [1.165, 1.54) is 10.9 Å². The Morgan fingerprint density at radius 1 is 1.53 bits per heavy atom. The molecule has 0 unspecified atom stereocenters. The highest BCUT2D eigenvalue weighted by Crippen LogP contribution is 2.14. The van der Waals surface area contributed by atoms with Crippen molar-refractivity contribution in [2.24, 2.45) is 0 Å². The quantitative estimate of drug-likeness (QED) is 0.812. The van der Waals surface area contributed by atoms with E-state index in [4.69, 9.17) is 21.9 Å². The fourth-order valence-electron chi connectivity index (χ4n) is 1.50. The summed E-state index contributed by atoms with van der Waals surface area (Å²) in [5.74, 6) is 0.669. The molecule has 0 bridgehead atoms. The first kappa shape index (κ1) is 11.7. The van der Waals surface area contributed by atoms with Crippen molar-refractivity contribution < 1.29 is 4.52 Å². The van der Waals surface area contributed by atoms with E-state index in [-0.39, 0.29) is 16.4 Å². The van der Waals surface area contributed by atoms with E-state index in [1.807, 2.05) is 6.92 Å². The summed E-state index contributed by atoms with van der Waals surface area (Å²) < 4.78 is 6.39. The molecular weight excluding hydrogens is 244 g/mol. The van der Waals surface area contributed by atoms with Gasteiger partial charge in [0.25, 0.3) is 5.56 Å². The Hall–Kier alpha value is -1.82. The second-order valence-electron chi connectivity index (χ2n) is 3.68. The number of aryl methyl sites for hydroxylation is 2. The first-order valence-corrected chi connectivity index (χ1v) is 5.30. The second-order valence-corrected chi connectivity index (χ2v) is 4.04. The van der Waals surface area contributed by atoms with Crippen LogP contribution in [0.4, 0.5) is 5.69 Å². The van der Waals surface area contributed by atoms with Crippen molar-refractivity contribution in [2.45, 2.75) is 20.4 Å². The summed E-state index contributed by atoms with van der Waals surface area (Å²) in [6.45, 7) is 3.91. The first-order chi connectivity index (χ1) is 8.00. The molecule has 17 heavy (non-hydrogen) atoms. The highest BCUT2D eigenvalue weighted by atomic mass is 35.5. The third kappa shape index (κ3) is 2.03. The molecule has 0 saturated heterocycles. The lowest BCUT2D eigenvalue weighted by Crippen LogP contribution is -2.24. The molecule has 0 saturated carbocycles. The molecule has 90 valence electrons. The zero-order valence-electron chi connectivity index (χ0n) is 9.40. The van der Waals surface area contributed by atoms with Crippen LogP contribution in [-0.4, -0.2) is 14.7 Å². The maximum atomic E-state index is 11.8. The van der Waals surface area contributed by atoms with Gasteiger partial charge in [-0.25, -0.2) is 4.98 Å². The average Bonchev–Trinajstić information content (AvgIpc) is 2.61. The van der Waals surface area contributed by atoms with Crippen molar-refractivity contribution in [1.82, 2.24) is 14.7 Å². The van der Waals surface area contributed by atoms with Gasteiger partial charge in [-0.1, -0.05) is 16.8 Å². The van der Waals surface area contributed by atoms with Crippen molar-refractivity contribution in [3.63, 3.8) is 0 Å². The van der Waals surface area contributed by atoms with Gasteiger partial charge in [0.15, 0.2) is 5.15 Å². The minimum atomic E-state index is -0.370. The van der Waals surface area contributed by atoms with Crippen LogP contribution in [-0.2, 0) is 6.54 Å². The summed E-state index contributed by atoms with van der Waals surface area (Å²) in [6, 6.07) is 0.